The lowest BCUT2D eigenvalue weighted by Gasteiger charge is -2.23. The van der Waals surface area contributed by atoms with Crippen LogP contribution in [0, 0.1) is 0 Å². The minimum absolute atomic E-state index is 0.0780. The van der Waals surface area contributed by atoms with Gasteiger partial charge in [0.15, 0.2) is 0 Å². The molecule has 5 N–H and O–H groups in total. The number of hydrogen-bond donors (Lipinski definition) is 4. The Balaban J connectivity index is 4.21. The average Bonchev–Trinajstić information content (AvgIpc) is 3.12. The summed E-state index contributed by atoms with van der Waals surface area (Å²) in [6.07, 6.45) is 43.7. The van der Waals surface area contributed by atoms with Gasteiger partial charge in [0.2, 0.25) is 5.91 Å². The molecule has 1 amide bonds. The molecule has 0 fully saturated rings. The first kappa shape index (κ1) is 50.0. The third kappa shape index (κ3) is 37.1. The smallest absolute Gasteiger partial charge is 0.387 e. The number of allylic oxidation sites excluding steroid dienone is 3. The van der Waals surface area contributed by atoms with Gasteiger partial charge in [-0.15, -0.1) is 0 Å². The van der Waals surface area contributed by atoms with Gasteiger partial charge in [0, 0.05) is 13.0 Å². The molecule has 0 heterocycles. The molecule has 9 heteroatoms. The van der Waals surface area contributed by atoms with Crippen LogP contribution in [0.1, 0.15) is 206 Å². The van der Waals surface area contributed by atoms with Crippen molar-refractivity contribution in [2.45, 2.75) is 219 Å². The number of aliphatic hydroxyl groups excluding tert-OH is 1. The third-order valence-electron chi connectivity index (χ3n) is 9.52. The van der Waals surface area contributed by atoms with Crippen molar-refractivity contribution in [1.82, 2.24) is 5.32 Å². The molecule has 0 aromatic rings. The van der Waals surface area contributed by atoms with Crippen LogP contribution in [0.2, 0.25) is 0 Å². The SMILES string of the molecule is CCCCCC/C=C\CCCCCCCC(=O)NC(COP(=O)(O)OCCN)C(O)/C=C/CCCCCCCCCCCCCCCCCCC. The van der Waals surface area contributed by atoms with Gasteiger partial charge in [-0.05, 0) is 44.9 Å². The summed E-state index contributed by atoms with van der Waals surface area (Å²) in [5.41, 5.74) is 5.37. The second-order valence-corrected chi connectivity index (χ2v) is 16.0. The Morgan fingerprint density at radius 3 is 1.47 bits per heavy atom. The molecule has 3 atom stereocenters. The second-order valence-electron chi connectivity index (χ2n) is 14.6. The van der Waals surface area contributed by atoms with Crippen molar-refractivity contribution in [1.29, 1.82) is 0 Å². The first-order valence-corrected chi connectivity index (χ1v) is 23.0. The highest BCUT2D eigenvalue weighted by atomic mass is 31.2. The molecule has 0 bridgehead atoms. The topological polar surface area (TPSA) is 131 Å². The number of rotatable bonds is 40. The summed E-state index contributed by atoms with van der Waals surface area (Å²) >= 11 is 0. The molecule has 0 saturated carbocycles. The van der Waals surface area contributed by atoms with Gasteiger partial charge >= 0.3 is 7.82 Å². The fourth-order valence-corrected chi connectivity index (χ4v) is 7.00. The molecule has 0 aliphatic heterocycles. The standard InChI is InChI=1S/C42H83N2O6P/c1-3-5-7-9-11-13-15-17-18-19-20-21-22-24-25-27-29-31-33-35-41(45)40(39-50-51(47,48)49-38-37-43)44-42(46)36-34-32-30-28-26-23-16-14-12-10-8-6-4-2/h14,16,33,35,40-41,45H,3-13,15,17-32,34,36-39,43H2,1-2H3,(H,44,46)(H,47,48)/b16-14-,35-33+. The van der Waals surface area contributed by atoms with Gasteiger partial charge in [-0.3, -0.25) is 13.8 Å². The zero-order valence-electron chi connectivity index (χ0n) is 33.4. The molecule has 0 aromatic carbocycles. The maximum absolute atomic E-state index is 12.7. The van der Waals surface area contributed by atoms with Crippen LogP contribution >= 0.6 is 7.82 Å². The lowest BCUT2D eigenvalue weighted by Crippen LogP contribution is -2.45. The Labute approximate surface area is 315 Å². The summed E-state index contributed by atoms with van der Waals surface area (Å²) in [6, 6.07) is -0.861. The average molecular weight is 743 g/mol. The zero-order chi connectivity index (χ0) is 37.5. The lowest BCUT2D eigenvalue weighted by molar-refractivity contribution is -0.123. The monoisotopic (exact) mass is 743 g/mol. The van der Waals surface area contributed by atoms with Crippen molar-refractivity contribution in [3.8, 4) is 0 Å². The Kier molecular flexibility index (Phi) is 37.9. The van der Waals surface area contributed by atoms with Gasteiger partial charge in [-0.2, -0.15) is 0 Å². The van der Waals surface area contributed by atoms with E-state index in [9.17, 15) is 19.4 Å². The molecule has 0 radical (unpaired) electrons. The summed E-state index contributed by atoms with van der Waals surface area (Å²) in [6.45, 7) is 4.12. The highest BCUT2D eigenvalue weighted by Crippen LogP contribution is 2.43. The summed E-state index contributed by atoms with van der Waals surface area (Å²) < 4.78 is 22.1. The van der Waals surface area contributed by atoms with Crippen LogP contribution < -0.4 is 11.1 Å². The molecule has 3 unspecified atom stereocenters. The fourth-order valence-electron chi connectivity index (χ4n) is 6.24. The predicted molar refractivity (Wildman–Crippen MR) is 217 cm³/mol. The largest absolute Gasteiger partial charge is 0.472 e. The molecule has 8 nitrogen and oxygen atoms in total. The number of phosphoric acid groups is 1. The van der Waals surface area contributed by atoms with E-state index in [1.165, 1.54) is 135 Å². The maximum Gasteiger partial charge on any atom is 0.472 e. The summed E-state index contributed by atoms with van der Waals surface area (Å²) in [4.78, 5) is 22.6. The molecule has 0 aliphatic rings. The van der Waals surface area contributed by atoms with E-state index < -0.39 is 20.0 Å². The minimum Gasteiger partial charge on any atom is -0.387 e. The van der Waals surface area contributed by atoms with Crippen LogP contribution in [0.4, 0.5) is 0 Å². The van der Waals surface area contributed by atoms with Crippen molar-refractivity contribution in [2.24, 2.45) is 5.73 Å². The molecule has 0 saturated heterocycles. The Bertz CT molecular complexity index is 855. The number of carbonyl (C=O) groups excluding carboxylic acids is 1. The van der Waals surface area contributed by atoms with Crippen molar-refractivity contribution in [3.05, 3.63) is 24.3 Å². The van der Waals surface area contributed by atoms with Gasteiger partial charge in [0.05, 0.1) is 25.4 Å². The molecule has 0 spiro atoms. The van der Waals surface area contributed by atoms with E-state index >= 15 is 0 Å². The van der Waals surface area contributed by atoms with Crippen molar-refractivity contribution < 1.29 is 28.4 Å². The number of phosphoric ester groups is 1. The highest BCUT2D eigenvalue weighted by Gasteiger charge is 2.26. The van der Waals surface area contributed by atoms with Gasteiger partial charge in [-0.1, -0.05) is 179 Å². The lowest BCUT2D eigenvalue weighted by atomic mass is 10.0. The van der Waals surface area contributed by atoms with E-state index in [1.807, 2.05) is 6.08 Å². The third-order valence-corrected chi connectivity index (χ3v) is 10.5. The van der Waals surface area contributed by atoms with Crippen molar-refractivity contribution in [2.75, 3.05) is 19.8 Å². The molecule has 51 heavy (non-hydrogen) atoms. The highest BCUT2D eigenvalue weighted by molar-refractivity contribution is 7.47. The van der Waals surface area contributed by atoms with E-state index in [1.54, 1.807) is 6.08 Å². The van der Waals surface area contributed by atoms with Crippen LogP contribution in [-0.2, 0) is 18.4 Å². The first-order chi connectivity index (χ1) is 24.9. The molecular formula is C42H83N2O6P. The number of amides is 1. The first-order valence-electron chi connectivity index (χ1n) is 21.5. The van der Waals surface area contributed by atoms with E-state index in [0.29, 0.717) is 6.42 Å². The second kappa shape index (κ2) is 38.7. The van der Waals surface area contributed by atoms with Gasteiger partial charge < -0.3 is 21.1 Å². The van der Waals surface area contributed by atoms with Crippen LogP contribution in [0.25, 0.3) is 0 Å². The number of nitrogens with one attached hydrogen (secondary N) is 1. The van der Waals surface area contributed by atoms with Gasteiger partial charge in [0.25, 0.3) is 0 Å². The Hall–Kier alpha value is -1.02. The molecular weight excluding hydrogens is 659 g/mol. The van der Waals surface area contributed by atoms with Crippen molar-refractivity contribution in [3.63, 3.8) is 0 Å². The Morgan fingerprint density at radius 2 is 1.02 bits per heavy atom. The van der Waals surface area contributed by atoms with E-state index in [-0.39, 0.29) is 25.7 Å². The number of aliphatic hydroxyl groups is 1. The fraction of sp³-hybridized carbons (Fsp3) is 0.881. The van der Waals surface area contributed by atoms with Crippen LogP contribution in [-0.4, -0.2) is 47.8 Å². The number of carbonyl (C=O) groups is 1. The zero-order valence-corrected chi connectivity index (χ0v) is 34.2. The van der Waals surface area contributed by atoms with E-state index in [4.69, 9.17) is 14.8 Å². The van der Waals surface area contributed by atoms with Crippen LogP contribution in [0.5, 0.6) is 0 Å². The summed E-state index contributed by atoms with van der Waals surface area (Å²) in [5.74, 6) is -0.203. The number of hydrogen-bond acceptors (Lipinski definition) is 6. The molecule has 0 aliphatic carbocycles. The molecule has 0 aromatic heterocycles. The maximum atomic E-state index is 12.7. The number of nitrogens with two attached hydrogens (primary N) is 1. The number of unbranched alkanes of at least 4 members (excludes halogenated alkanes) is 26. The predicted octanol–water partition coefficient (Wildman–Crippen LogP) is 11.8. The Morgan fingerprint density at radius 1 is 0.627 bits per heavy atom. The van der Waals surface area contributed by atoms with Crippen LogP contribution in [0.15, 0.2) is 24.3 Å². The van der Waals surface area contributed by atoms with E-state index in [0.717, 1.165) is 51.4 Å². The van der Waals surface area contributed by atoms with Crippen LogP contribution in [0.3, 0.4) is 0 Å². The minimum atomic E-state index is -4.34. The summed E-state index contributed by atoms with van der Waals surface area (Å²) in [7, 11) is -4.34. The molecule has 0 rings (SSSR count). The summed E-state index contributed by atoms with van der Waals surface area (Å²) in [5, 5.41) is 13.7. The van der Waals surface area contributed by atoms with E-state index in [2.05, 4.69) is 31.3 Å². The van der Waals surface area contributed by atoms with Crippen molar-refractivity contribution >= 4 is 13.7 Å². The normalized spacial score (nSPS) is 14.4. The van der Waals surface area contributed by atoms with Gasteiger partial charge in [-0.25, -0.2) is 4.57 Å². The van der Waals surface area contributed by atoms with Gasteiger partial charge in [0.1, 0.15) is 0 Å². The molecule has 302 valence electrons. The quantitative estimate of drug-likeness (QED) is 0.0279.